The molecule has 1 heterocycles. The van der Waals surface area contributed by atoms with Gasteiger partial charge in [0, 0.05) is 20.2 Å². The number of piperidine rings is 1. The standard InChI is InChI=1S/C15H21NO5S/c1-11-7-13(15(17)18)9-16(8-11)22(19,20)14-5-3-12(4-6-14)10-21-2/h3-6,11,13H,7-10H2,1-2H3,(H,17,18). The normalized spacial score (nSPS) is 23.4. The molecule has 2 unspecified atom stereocenters. The quantitative estimate of drug-likeness (QED) is 0.887. The lowest BCUT2D eigenvalue weighted by atomic mass is 9.92. The van der Waals surface area contributed by atoms with Crippen molar-refractivity contribution in [1.29, 1.82) is 0 Å². The lowest BCUT2D eigenvalue weighted by Gasteiger charge is -2.33. The van der Waals surface area contributed by atoms with Crippen molar-refractivity contribution < 1.29 is 23.1 Å². The molecular formula is C15H21NO5S. The molecule has 122 valence electrons. The fraction of sp³-hybridized carbons (Fsp3) is 0.533. The number of hydrogen-bond donors (Lipinski definition) is 1. The third-order valence-corrected chi connectivity index (χ3v) is 5.69. The fourth-order valence-corrected chi connectivity index (χ4v) is 4.36. The van der Waals surface area contributed by atoms with Gasteiger partial charge in [0.05, 0.1) is 17.4 Å². The number of nitrogens with zero attached hydrogens (tertiary/aromatic N) is 1. The predicted molar refractivity (Wildman–Crippen MR) is 80.8 cm³/mol. The second kappa shape index (κ2) is 6.76. The molecule has 0 saturated carbocycles. The minimum Gasteiger partial charge on any atom is -0.481 e. The Kier molecular flexibility index (Phi) is 5.20. The molecule has 2 rings (SSSR count). The first kappa shape index (κ1) is 16.9. The van der Waals surface area contributed by atoms with E-state index < -0.39 is 21.9 Å². The highest BCUT2D eigenvalue weighted by Crippen LogP contribution is 2.27. The number of carboxylic acids is 1. The summed E-state index contributed by atoms with van der Waals surface area (Å²) in [4.78, 5) is 11.4. The van der Waals surface area contributed by atoms with Gasteiger partial charge < -0.3 is 9.84 Å². The summed E-state index contributed by atoms with van der Waals surface area (Å²) in [5.74, 6) is -1.56. The zero-order valence-corrected chi connectivity index (χ0v) is 13.5. The monoisotopic (exact) mass is 327 g/mol. The molecule has 22 heavy (non-hydrogen) atoms. The molecule has 1 aromatic carbocycles. The van der Waals surface area contributed by atoms with Crippen molar-refractivity contribution in [3.05, 3.63) is 29.8 Å². The molecule has 1 aliphatic heterocycles. The predicted octanol–water partition coefficient (Wildman–Crippen LogP) is 1.56. The summed E-state index contributed by atoms with van der Waals surface area (Å²) >= 11 is 0. The van der Waals surface area contributed by atoms with Crippen molar-refractivity contribution in [1.82, 2.24) is 4.31 Å². The van der Waals surface area contributed by atoms with E-state index in [2.05, 4.69) is 0 Å². The largest absolute Gasteiger partial charge is 0.481 e. The van der Waals surface area contributed by atoms with Crippen LogP contribution in [0.5, 0.6) is 0 Å². The van der Waals surface area contributed by atoms with Crippen molar-refractivity contribution >= 4 is 16.0 Å². The van der Waals surface area contributed by atoms with Crippen LogP contribution in [0.3, 0.4) is 0 Å². The van der Waals surface area contributed by atoms with E-state index in [0.717, 1.165) is 5.56 Å². The van der Waals surface area contributed by atoms with Crippen LogP contribution in [0.4, 0.5) is 0 Å². The summed E-state index contributed by atoms with van der Waals surface area (Å²) in [5.41, 5.74) is 0.886. The van der Waals surface area contributed by atoms with Gasteiger partial charge in [0.1, 0.15) is 0 Å². The first-order chi connectivity index (χ1) is 10.3. The van der Waals surface area contributed by atoms with Crippen LogP contribution in [0.2, 0.25) is 0 Å². The van der Waals surface area contributed by atoms with Gasteiger partial charge in [-0.05, 0) is 30.0 Å². The van der Waals surface area contributed by atoms with Crippen molar-refractivity contribution in [2.75, 3.05) is 20.2 Å². The van der Waals surface area contributed by atoms with E-state index in [1.54, 1.807) is 31.4 Å². The minimum atomic E-state index is -3.66. The second-order valence-corrected chi connectivity index (χ2v) is 7.71. The fourth-order valence-electron chi connectivity index (χ4n) is 2.75. The van der Waals surface area contributed by atoms with Crippen LogP contribution in [-0.2, 0) is 26.2 Å². The Bertz CT molecular complexity index is 626. The molecule has 0 aliphatic carbocycles. The lowest BCUT2D eigenvalue weighted by Crippen LogP contribution is -2.45. The maximum atomic E-state index is 12.7. The third-order valence-electron chi connectivity index (χ3n) is 3.85. The average molecular weight is 327 g/mol. The van der Waals surface area contributed by atoms with Crippen LogP contribution >= 0.6 is 0 Å². The van der Waals surface area contributed by atoms with E-state index >= 15 is 0 Å². The van der Waals surface area contributed by atoms with E-state index in [1.807, 2.05) is 6.92 Å². The Balaban J connectivity index is 2.23. The molecule has 1 N–H and O–H groups in total. The van der Waals surface area contributed by atoms with Gasteiger partial charge in [-0.1, -0.05) is 19.1 Å². The van der Waals surface area contributed by atoms with Crippen molar-refractivity contribution in [3.8, 4) is 0 Å². The van der Waals surface area contributed by atoms with Crippen LogP contribution in [-0.4, -0.2) is 44.0 Å². The Hall–Kier alpha value is -1.44. The molecule has 0 spiro atoms. The number of aliphatic carboxylic acids is 1. The van der Waals surface area contributed by atoms with Gasteiger partial charge in [-0.3, -0.25) is 4.79 Å². The Morgan fingerprint density at radius 3 is 2.50 bits per heavy atom. The topological polar surface area (TPSA) is 83.9 Å². The average Bonchev–Trinajstić information content (AvgIpc) is 2.47. The van der Waals surface area contributed by atoms with Gasteiger partial charge in [-0.2, -0.15) is 4.31 Å². The summed E-state index contributed by atoms with van der Waals surface area (Å²) in [7, 11) is -2.09. The first-order valence-corrected chi connectivity index (χ1v) is 8.59. The van der Waals surface area contributed by atoms with Gasteiger partial charge in [0.2, 0.25) is 10.0 Å². The molecule has 6 nitrogen and oxygen atoms in total. The molecule has 0 amide bonds. The van der Waals surface area contributed by atoms with E-state index in [-0.39, 0.29) is 17.4 Å². The number of rotatable bonds is 5. The third kappa shape index (κ3) is 3.66. The van der Waals surface area contributed by atoms with E-state index in [0.29, 0.717) is 19.6 Å². The SMILES string of the molecule is COCc1ccc(S(=O)(=O)N2CC(C)CC(C(=O)O)C2)cc1. The summed E-state index contributed by atoms with van der Waals surface area (Å²) < 4.78 is 31.6. The molecule has 1 aromatic rings. The van der Waals surface area contributed by atoms with Gasteiger partial charge in [-0.25, -0.2) is 8.42 Å². The molecule has 1 saturated heterocycles. The highest BCUT2D eigenvalue weighted by molar-refractivity contribution is 7.89. The van der Waals surface area contributed by atoms with E-state index in [4.69, 9.17) is 4.74 Å². The molecule has 1 aliphatic rings. The van der Waals surface area contributed by atoms with Crippen LogP contribution in [0.25, 0.3) is 0 Å². The summed E-state index contributed by atoms with van der Waals surface area (Å²) in [6.07, 6.45) is 0.508. The maximum Gasteiger partial charge on any atom is 0.307 e. The van der Waals surface area contributed by atoms with Crippen molar-refractivity contribution in [3.63, 3.8) is 0 Å². The molecule has 1 fully saturated rings. The summed E-state index contributed by atoms with van der Waals surface area (Å²) in [6, 6.07) is 6.49. The zero-order valence-electron chi connectivity index (χ0n) is 12.7. The molecule has 0 aromatic heterocycles. The summed E-state index contributed by atoms with van der Waals surface area (Å²) in [6.45, 7) is 2.68. The Morgan fingerprint density at radius 1 is 1.32 bits per heavy atom. The highest BCUT2D eigenvalue weighted by atomic mass is 32.2. The minimum absolute atomic E-state index is 0.0254. The maximum absolute atomic E-state index is 12.7. The second-order valence-electron chi connectivity index (χ2n) is 5.78. The number of hydrogen-bond acceptors (Lipinski definition) is 4. The van der Waals surface area contributed by atoms with Gasteiger partial charge in [0.15, 0.2) is 0 Å². The highest BCUT2D eigenvalue weighted by Gasteiger charge is 2.36. The zero-order chi connectivity index (χ0) is 16.3. The number of ether oxygens (including phenoxy) is 1. The van der Waals surface area contributed by atoms with Gasteiger partial charge in [-0.15, -0.1) is 0 Å². The number of methoxy groups -OCH3 is 1. The van der Waals surface area contributed by atoms with Crippen LogP contribution in [0.15, 0.2) is 29.2 Å². The number of carbonyl (C=O) groups is 1. The molecule has 7 heteroatoms. The van der Waals surface area contributed by atoms with Gasteiger partial charge >= 0.3 is 5.97 Å². The van der Waals surface area contributed by atoms with Crippen molar-refractivity contribution in [2.24, 2.45) is 11.8 Å². The molecular weight excluding hydrogens is 306 g/mol. The smallest absolute Gasteiger partial charge is 0.307 e. The van der Waals surface area contributed by atoms with Crippen LogP contribution in [0.1, 0.15) is 18.9 Å². The van der Waals surface area contributed by atoms with Crippen molar-refractivity contribution in [2.45, 2.75) is 24.8 Å². The van der Waals surface area contributed by atoms with E-state index in [1.165, 1.54) is 4.31 Å². The van der Waals surface area contributed by atoms with Crippen LogP contribution in [0, 0.1) is 11.8 Å². The summed E-state index contributed by atoms with van der Waals surface area (Å²) in [5, 5.41) is 9.17. The number of benzene rings is 1. The molecule has 0 bridgehead atoms. The Morgan fingerprint density at radius 2 is 1.95 bits per heavy atom. The van der Waals surface area contributed by atoms with Gasteiger partial charge in [0.25, 0.3) is 0 Å². The van der Waals surface area contributed by atoms with E-state index in [9.17, 15) is 18.3 Å². The van der Waals surface area contributed by atoms with Crippen LogP contribution < -0.4 is 0 Å². The Labute approximate surface area is 130 Å². The number of sulfonamides is 1. The number of carboxylic acid groups (broad SMARTS) is 1. The first-order valence-electron chi connectivity index (χ1n) is 7.15. The molecule has 2 atom stereocenters. The molecule has 0 radical (unpaired) electrons. The lowest BCUT2D eigenvalue weighted by molar-refractivity contribution is -0.143.